The van der Waals surface area contributed by atoms with Crippen molar-refractivity contribution in [1.82, 2.24) is 15.3 Å². The summed E-state index contributed by atoms with van der Waals surface area (Å²) < 4.78 is 5.21. The second-order valence-electron chi connectivity index (χ2n) is 7.06. The molecule has 1 unspecified atom stereocenters. The van der Waals surface area contributed by atoms with Crippen molar-refractivity contribution in [2.24, 2.45) is 0 Å². The van der Waals surface area contributed by atoms with Crippen LogP contribution >= 0.6 is 0 Å². The van der Waals surface area contributed by atoms with Crippen molar-refractivity contribution in [1.29, 1.82) is 0 Å². The second-order valence-corrected chi connectivity index (χ2v) is 7.06. The zero-order chi connectivity index (χ0) is 18.6. The Bertz CT molecular complexity index is 922. The number of likely N-dealkylation sites (tertiary alicyclic amines) is 1. The summed E-state index contributed by atoms with van der Waals surface area (Å²) in [4.78, 5) is 17.6. The molecule has 4 rings (SSSR count). The Hall–Kier alpha value is -2.99. The maximum absolute atomic E-state index is 11.9. The zero-order valence-electron chi connectivity index (χ0n) is 15.4. The molecule has 0 aliphatic carbocycles. The standard InChI is InChI=1S/C21H24N4O2/c1-25-10-9-16(13-25)19-12-22-20-8-7-17(11-18(19)20)23-24-21(26)27-14-15-5-3-2-4-6-15/h2-8,11-12,16,22-23H,9-10,13-14H2,1H3,(H,24,26). The van der Waals surface area contributed by atoms with Crippen LogP contribution in [0.5, 0.6) is 0 Å². The van der Waals surface area contributed by atoms with Gasteiger partial charge in [-0.15, -0.1) is 0 Å². The van der Waals surface area contributed by atoms with Gasteiger partial charge < -0.3 is 14.6 Å². The molecule has 0 spiro atoms. The first-order chi connectivity index (χ1) is 13.2. The lowest BCUT2D eigenvalue weighted by atomic mass is 9.98. The Morgan fingerprint density at radius 3 is 2.89 bits per heavy atom. The quantitative estimate of drug-likeness (QED) is 0.602. The fourth-order valence-electron chi connectivity index (χ4n) is 3.63. The summed E-state index contributed by atoms with van der Waals surface area (Å²) in [6, 6.07) is 15.6. The number of nitrogens with one attached hydrogen (secondary N) is 3. The summed E-state index contributed by atoms with van der Waals surface area (Å²) >= 11 is 0. The number of amides is 1. The largest absolute Gasteiger partial charge is 0.443 e. The Balaban J connectivity index is 1.38. The van der Waals surface area contributed by atoms with E-state index < -0.39 is 6.09 Å². The van der Waals surface area contributed by atoms with E-state index in [0.717, 1.165) is 29.9 Å². The van der Waals surface area contributed by atoms with E-state index in [1.807, 2.05) is 42.5 Å². The van der Waals surface area contributed by atoms with Crippen LogP contribution in [-0.2, 0) is 11.3 Å². The molecule has 27 heavy (non-hydrogen) atoms. The van der Waals surface area contributed by atoms with Gasteiger partial charge in [0.2, 0.25) is 0 Å². The number of carbonyl (C=O) groups is 1. The Kier molecular flexibility index (Phi) is 4.98. The molecule has 6 nitrogen and oxygen atoms in total. The van der Waals surface area contributed by atoms with Crippen molar-refractivity contribution in [2.75, 3.05) is 25.6 Å². The van der Waals surface area contributed by atoms with Crippen molar-refractivity contribution >= 4 is 22.7 Å². The first-order valence-corrected chi connectivity index (χ1v) is 9.21. The fraction of sp³-hybridized carbons (Fsp3) is 0.286. The van der Waals surface area contributed by atoms with Crippen molar-refractivity contribution in [2.45, 2.75) is 18.9 Å². The monoisotopic (exact) mass is 364 g/mol. The maximum Gasteiger partial charge on any atom is 0.426 e. The Labute approximate surface area is 158 Å². The van der Waals surface area contributed by atoms with E-state index in [0.29, 0.717) is 5.92 Å². The summed E-state index contributed by atoms with van der Waals surface area (Å²) in [5, 5.41) is 1.19. The van der Waals surface area contributed by atoms with Crippen LogP contribution in [0.3, 0.4) is 0 Å². The van der Waals surface area contributed by atoms with E-state index in [1.54, 1.807) is 0 Å². The van der Waals surface area contributed by atoms with Crippen molar-refractivity contribution in [3.63, 3.8) is 0 Å². The van der Waals surface area contributed by atoms with Gasteiger partial charge in [-0.2, -0.15) is 0 Å². The summed E-state index contributed by atoms with van der Waals surface area (Å²) in [5.74, 6) is 0.544. The highest BCUT2D eigenvalue weighted by Gasteiger charge is 2.23. The minimum atomic E-state index is -0.509. The Morgan fingerprint density at radius 1 is 1.26 bits per heavy atom. The highest BCUT2D eigenvalue weighted by atomic mass is 16.6. The highest BCUT2D eigenvalue weighted by molar-refractivity contribution is 5.87. The number of fused-ring (bicyclic) bond motifs is 1. The smallest absolute Gasteiger partial charge is 0.426 e. The summed E-state index contributed by atoms with van der Waals surface area (Å²) in [5.41, 5.74) is 9.76. The Morgan fingerprint density at radius 2 is 2.11 bits per heavy atom. The van der Waals surface area contributed by atoms with Crippen LogP contribution in [0.2, 0.25) is 0 Å². The fourth-order valence-corrected chi connectivity index (χ4v) is 3.63. The van der Waals surface area contributed by atoms with Crippen molar-refractivity contribution < 1.29 is 9.53 Å². The van der Waals surface area contributed by atoms with Crippen LogP contribution in [0.4, 0.5) is 10.5 Å². The summed E-state index contributed by atoms with van der Waals surface area (Å²) in [6.45, 7) is 2.45. The third kappa shape index (κ3) is 4.06. The van der Waals surface area contributed by atoms with E-state index in [9.17, 15) is 4.79 Å². The molecule has 2 heterocycles. The molecule has 1 aromatic heterocycles. The molecule has 1 aliphatic rings. The molecule has 1 fully saturated rings. The van der Waals surface area contributed by atoms with E-state index in [4.69, 9.17) is 4.74 Å². The number of likely N-dealkylation sites (N-methyl/N-ethyl adjacent to an activating group) is 1. The summed E-state index contributed by atoms with van der Waals surface area (Å²) in [6.07, 6.45) is 2.77. The number of anilines is 1. The lowest BCUT2D eigenvalue weighted by Gasteiger charge is -2.11. The molecular weight excluding hydrogens is 340 g/mol. The van der Waals surface area contributed by atoms with E-state index in [1.165, 1.54) is 17.4 Å². The number of hydrazine groups is 1. The van der Waals surface area contributed by atoms with Gasteiger partial charge in [0.15, 0.2) is 0 Å². The lowest BCUT2D eigenvalue weighted by Crippen LogP contribution is -2.29. The predicted molar refractivity (Wildman–Crippen MR) is 107 cm³/mol. The SMILES string of the molecule is CN1CCC(c2c[nH]c3ccc(NNC(=O)OCc4ccccc4)cc23)C1. The average molecular weight is 364 g/mol. The van der Waals surface area contributed by atoms with Gasteiger partial charge in [0.1, 0.15) is 6.61 Å². The van der Waals surface area contributed by atoms with E-state index >= 15 is 0 Å². The molecule has 1 saturated heterocycles. The number of hydrogen-bond donors (Lipinski definition) is 3. The van der Waals surface area contributed by atoms with Gasteiger partial charge >= 0.3 is 6.09 Å². The number of aromatic amines is 1. The zero-order valence-corrected chi connectivity index (χ0v) is 15.4. The number of ether oxygens (including phenoxy) is 1. The van der Waals surface area contributed by atoms with Gasteiger partial charge in [0.25, 0.3) is 0 Å². The number of hydrogen-bond acceptors (Lipinski definition) is 4. The van der Waals surface area contributed by atoms with Crippen LogP contribution < -0.4 is 10.9 Å². The minimum absolute atomic E-state index is 0.241. The number of rotatable bonds is 5. The van der Waals surface area contributed by atoms with Gasteiger partial charge in [-0.05, 0) is 55.3 Å². The highest BCUT2D eigenvalue weighted by Crippen LogP contribution is 2.33. The third-order valence-corrected chi connectivity index (χ3v) is 5.07. The van der Waals surface area contributed by atoms with E-state index in [2.05, 4.69) is 40.0 Å². The van der Waals surface area contributed by atoms with Crippen LogP contribution in [0.25, 0.3) is 10.9 Å². The molecule has 2 aromatic carbocycles. The van der Waals surface area contributed by atoms with Crippen LogP contribution in [0.15, 0.2) is 54.7 Å². The van der Waals surface area contributed by atoms with Gasteiger partial charge in [0, 0.05) is 23.6 Å². The number of H-pyrrole nitrogens is 1. The number of nitrogens with zero attached hydrogens (tertiary/aromatic N) is 1. The molecule has 1 aliphatic heterocycles. The first kappa shape index (κ1) is 17.4. The van der Waals surface area contributed by atoms with Crippen LogP contribution in [0, 0.1) is 0 Å². The van der Waals surface area contributed by atoms with Gasteiger partial charge in [-0.25, -0.2) is 10.2 Å². The number of aromatic nitrogens is 1. The maximum atomic E-state index is 11.9. The average Bonchev–Trinajstić information content (AvgIpc) is 3.31. The molecule has 6 heteroatoms. The molecule has 1 amide bonds. The minimum Gasteiger partial charge on any atom is -0.443 e. The molecule has 3 N–H and O–H groups in total. The molecule has 140 valence electrons. The lowest BCUT2D eigenvalue weighted by molar-refractivity contribution is 0.142. The molecular formula is C21H24N4O2. The molecule has 0 saturated carbocycles. The van der Waals surface area contributed by atoms with Gasteiger partial charge in [0.05, 0.1) is 5.69 Å². The van der Waals surface area contributed by atoms with E-state index in [-0.39, 0.29) is 6.61 Å². The molecule has 0 bridgehead atoms. The van der Waals surface area contributed by atoms with Gasteiger partial charge in [-0.1, -0.05) is 30.3 Å². The molecule has 1 atom stereocenters. The summed E-state index contributed by atoms with van der Waals surface area (Å²) in [7, 11) is 2.16. The molecule has 0 radical (unpaired) electrons. The van der Waals surface area contributed by atoms with Crippen molar-refractivity contribution in [3.8, 4) is 0 Å². The topological polar surface area (TPSA) is 69.4 Å². The third-order valence-electron chi connectivity index (χ3n) is 5.07. The first-order valence-electron chi connectivity index (χ1n) is 9.21. The predicted octanol–water partition coefficient (Wildman–Crippen LogP) is 3.84. The number of benzene rings is 2. The van der Waals surface area contributed by atoms with Crippen LogP contribution in [-0.4, -0.2) is 36.1 Å². The van der Waals surface area contributed by atoms with Crippen molar-refractivity contribution in [3.05, 3.63) is 65.9 Å². The van der Waals surface area contributed by atoms with Crippen LogP contribution in [0.1, 0.15) is 23.5 Å². The van der Waals surface area contributed by atoms with Gasteiger partial charge in [-0.3, -0.25) is 5.43 Å². The molecule has 3 aromatic rings. The second kappa shape index (κ2) is 7.72. The normalized spacial score (nSPS) is 17.1. The number of carbonyl (C=O) groups excluding carboxylic acids is 1.